The SMILES string of the molecule is NC(=O)c1c(-c2ccc(Cc3ccccc3)cc2)n[nH]c1N. The lowest BCUT2D eigenvalue weighted by Gasteiger charge is -2.04. The number of aromatic nitrogens is 2. The number of carbonyl (C=O) groups is 1. The van der Waals surface area contributed by atoms with Gasteiger partial charge in [-0.15, -0.1) is 0 Å². The molecule has 1 aromatic heterocycles. The molecule has 0 fully saturated rings. The summed E-state index contributed by atoms with van der Waals surface area (Å²) in [6.07, 6.45) is 0.854. The minimum atomic E-state index is -0.588. The monoisotopic (exact) mass is 292 g/mol. The number of nitrogens with one attached hydrogen (secondary N) is 1. The second-order valence-corrected chi connectivity index (χ2v) is 5.08. The van der Waals surface area contributed by atoms with Crippen molar-refractivity contribution in [1.29, 1.82) is 0 Å². The molecule has 22 heavy (non-hydrogen) atoms. The zero-order chi connectivity index (χ0) is 15.5. The first kappa shape index (κ1) is 13.9. The van der Waals surface area contributed by atoms with Gasteiger partial charge in [0.1, 0.15) is 17.1 Å². The number of amides is 1. The van der Waals surface area contributed by atoms with Crippen LogP contribution in [-0.2, 0) is 6.42 Å². The third-order valence-electron chi connectivity index (χ3n) is 3.52. The lowest BCUT2D eigenvalue weighted by Crippen LogP contribution is -2.13. The first-order valence-electron chi connectivity index (χ1n) is 6.92. The molecule has 0 saturated carbocycles. The van der Waals surface area contributed by atoms with Crippen molar-refractivity contribution in [3.63, 3.8) is 0 Å². The number of nitrogens with two attached hydrogens (primary N) is 2. The van der Waals surface area contributed by atoms with Crippen molar-refractivity contribution in [1.82, 2.24) is 10.2 Å². The summed E-state index contributed by atoms with van der Waals surface area (Å²) in [5.41, 5.74) is 15.0. The van der Waals surface area contributed by atoms with Gasteiger partial charge in [-0.1, -0.05) is 54.6 Å². The third-order valence-corrected chi connectivity index (χ3v) is 3.52. The molecular formula is C17H16N4O. The number of carbonyl (C=O) groups excluding carboxylic acids is 1. The van der Waals surface area contributed by atoms with E-state index in [0.717, 1.165) is 12.0 Å². The van der Waals surface area contributed by atoms with Gasteiger partial charge in [0.15, 0.2) is 0 Å². The molecule has 0 bridgehead atoms. The smallest absolute Gasteiger partial charge is 0.254 e. The minimum absolute atomic E-state index is 0.191. The lowest BCUT2D eigenvalue weighted by molar-refractivity contribution is 0.100. The molecule has 5 N–H and O–H groups in total. The zero-order valence-electron chi connectivity index (χ0n) is 11.9. The van der Waals surface area contributed by atoms with Crippen LogP contribution in [0.4, 0.5) is 5.82 Å². The average Bonchev–Trinajstić information content (AvgIpc) is 2.91. The number of nitrogen functional groups attached to an aromatic ring is 1. The van der Waals surface area contributed by atoms with Gasteiger partial charge in [0.05, 0.1) is 0 Å². The van der Waals surface area contributed by atoms with E-state index in [1.54, 1.807) is 0 Å². The van der Waals surface area contributed by atoms with Gasteiger partial charge in [-0.25, -0.2) is 0 Å². The Morgan fingerprint density at radius 3 is 2.27 bits per heavy atom. The fourth-order valence-corrected chi connectivity index (χ4v) is 2.43. The molecule has 0 aliphatic rings. The highest BCUT2D eigenvalue weighted by atomic mass is 16.1. The van der Waals surface area contributed by atoms with Crippen molar-refractivity contribution in [2.75, 3.05) is 5.73 Å². The molecule has 110 valence electrons. The minimum Gasteiger partial charge on any atom is -0.383 e. The summed E-state index contributed by atoms with van der Waals surface area (Å²) in [5, 5.41) is 6.67. The molecule has 0 unspecified atom stereocenters. The van der Waals surface area contributed by atoms with Crippen LogP contribution in [0, 0.1) is 0 Å². The molecule has 3 aromatic rings. The van der Waals surface area contributed by atoms with E-state index in [1.807, 2.05) is 42.5 Å². The van der Waals surface area contributed by atoms with Crippen LogP contribution in [-0.4, -0.2) is 16.1 Å². The second-order valence-electron chi connectivity index (χ2n) is 5.08. The maximum Gasteiger partial charge on any atom is 0.254 e. The number of H-pyrrole nitrogens is 1. The van der Waals surface area contributed by atoms with E-state index in [1.165, 1.54) is 11.1 Å². The molecule has 0 atom stereocenters. The molecule has 0 saturated heterocycles. The average molecular weight is 292 g/mol. The quantitative estimate of drug-likeness (QED) is 0.688. The molecule has 0 radical (unpaired) electrons. The summed E-state index contributed by atoms with van der Waals surface area (Å²) >= 11 is 0. The highest BCUT2D eigenvalue weighted by Gasteiger charge is 2.17. The molecule has 5 nitrogen and oxygen atoms in total. The summed E-state index contributed by atoms with van der Waals surface area (Å²) in [6.45, 7) is 0. The van der Waals surface area contributed by atoms with Crippen molar-refractivity contribution in [3.05, 3.63) is 71.3 Å². The molecular weight excluding hydrogens is 276 g/mol. The summed E-state index contributed by atoms with van der Waals surface area (Å²) in [4.78, 5) is 11.5. The second kappa shape index (κ2) is 5.73. The van der Waals surface area contributed by atoms with Crippen LogP contribution < -0.4 is 11.5 Å². The van der Waals surface area contributed by atoms with Crippen LogP contribution in [0.1, 0.15) is 21.5 Å². The van der Waals surface area contributed by atoms with Crippen molar-refractivity contribution in [2.45, 2.75) is 6.42 Å². The number of hydrogen-bond acceptors (Lipinski definition) is 3. The number of benzene rings is 2. The van der Waals surface area contributed by atoms with Gasteiger partial charge in [-0.3, -0.25) is 9.89 Å². The lowest BCUT2D eigenvalue weighted by atomic mass is 10.0. The predicted molar refractivity (Wildman–Crippen MR) is 86.2 cm³/mol. The fraction of sp³-hybridized carbons (Fsp3) is 0.0588. The van der Waals surface area contributed by atoms with Crippen LogP contribution >= 0.6 is 0 Å². The molecule has 3 rings (SSSR count). The number of primary amides is 1. The fourth-order valence-electron chi connectivity index (χ4n) is 2.43. The first-order valence-corrected chi connectivity index (χ1v) is 6.92. The van der Waals surface area contributed by atoms with Gasteiger partial charge < -0.3 is 11.5 Å². The topological polar surface area (TPSA) is 97.8 Å². The highest BCUT2D eigenvalue weighted by molar-refractivity contribution is 6.03. The van der Waals surface area contributed by atoms with Crippen LogP contribution in [0.15, 0.2) is 54.6 Å². The molecule has 1 amide bonds. The van der Waals surface area contributed by atoms with Gasteiger partial charge in [-0.05, 0) is 17.5 Å². The number of rotatable bonds is 4. The number of hydrogen-bond donors (Lipinski definition) is 3. The summed E-state index contributed by atoms with van der Waals surface area (Å²) in [5.74, 6) is -0.398. The van der Waals surface area contributed by atoms with E-state index >= 15 is 0 Å². The van der Waals surface area contributed by atoms with Gasteiger partial charge in [0, 0.05) is 5.56 Å². The van der Waals surface area contributed by atoms with Crippen LogP contribution in [0.25, 0.3) is 11.3 Å². The van der Waals surface area contributed by atoms with Crippen molar-refractivity contribution in [3.8, 4) is 11.3 Å². The van der Waals surface area contributed by atoms with Crippen LogP contribution in [0.5, 0.6) is 0 Å². The molecule has 1 heterocycles. The number of nitrogens with zero attached hydrogens (tertiary/aromatic N) is 1. The van der Waals surface area contributed by atoms with E-state index < -0.39 is 5.91 Å². The van der Waals surface area contributed by atoms with Crippen molar-refractivity contribution < 1.29 is 4.79 Å². The Balaban J connectivity index is 1.87. The van der Waals surface area contributed by atoms with Gasteiger partial charge in [-0.2, -0.15) is 5.10 Å². The van der Waals surface area contributed by atoms with Crippen molar-refractivity contribution >= 4 is 11.7 Å². The maximum absolute atomic E-state index is 11.5. The van der Waals surface area contributed by atoms with E-state index in [2.05, 4.69) is 22.3 Å². The molecule has 0 aliphatic heterocycles. The Kier molecular flexibility index (Phi) is 3.62. The van der Waals surface area contributed by atoms with Gasteiger partial charge in [0.25, 0.3) is 5.91 Å². The molecule has 0 spiro atoms. The van der Waals surface area contributed by atoms with Crippen LogP contribution in [0.2, 0.25) is 0 Å². The summed E-state index contributed by atoms with van der Waals surface area (Å²) < 4.78 is 0. The molecule has 0 aliphatic carbocycles. The van der Waals surface area contributed by atoms with E-state index in [-0.39, 0.29) is 11.4 Å². The van der Waals surface area contributed by atoms with Gasteiger partial charge in [0.2, 0.25) is 0 Å². The Morgan fingerprint density at radius 1 is 1.00 bits per heavy atom. The van der Waals surface area contributed by atoms with Crippen molar-refractivity contribution in [2.24, 2.45) is 5.73 Å². The predicted octanol–water partition coefficient (Wildman–Crippen LogP) is 2.35. The summed E-state index contributed by atoms with van der Waals surface area (Å²) in [7, 11) is 0. The highest BCUT2D eigenvalue weighted by Crippen LogP contribution is 2.25. The zero-order valence-corrected chi connectivity index (χ0v) is 11.9. The Hall–Kier alpha value is -3.08. The molecule has 2 aromatic carbocycles. The maximum atomic E-state index is 11.5. The first-order chi connectivity index (χ1) is 10.6. The van der Waals surface area contributed by atoms with E-state index in [9.17, 15) is 4.79 Å². The summed E-state index contributed by atoms with van der Waals surface area (Å²) in [6, 6.07) is 18.1. The Morgan fingerprint density at radius 2 is 1.64 bits per heavy atom. The van der Waals surface area contributed by atoms with E-state index in [4.69, 9.17) is 11.5 Å². The third kappa shape index (κ3) is 2.69. The largest absolute Gasteiger partial charge is 0.383 e. The Labute approximate surface area is 128 Å². The Bertz CT molecular complexity index is 791. The number of aromatic amines is 1. The van der Waals surface area contributed by atoms with E-state index in [0.29, 0.717) is 5.69 Å². The number of anilines is 1. The normalized spacial score (nSPS) is 10.5. The van der Waals surface area contributed by atoms with Crippen LogP contribution in [0.3, 0.4) is 0 Å². The molecule has 5 heteroatoms. The standard InChI is InChI=1S/C17H16N4O/c18-16-14(17(19)22)15(20-21-16)13-8-6-12(7-9-13)10-11-4-2-1-3-5-11/h1-9H,10H2,(H2,19,22)(H3,18,20,21). The van der Waals surface area contributed by atoms with Gasteiger partial charge >= 0.3 is 0 Å².